The normalized spacial score (nSPS) is 10.4. The van der Waals surface area contributed by atoms with Crippen molar-refractivity contribution in [1.82, 2.24) is 0 Å². The lowest BCUT2D eigenvalue weighted by molar-refractivity contribution is -0.215. The smallest absolute Gasteiger partial charge is 0.144 e. The summed E-state index contributed by atoms with van der Waals surface area (Å²) in [5.41, 5.74) is 4.19. The predicted octanol–water partition coefficient (Wildman–Crippen LogP) is 4.52. The summed E-state index contributed by atoms with van der Waals surface area (Å²) in [6, 6.07) is 12.1. The van der Waals surface area contributed by atoms with Gasteiger partial charge in [0.1, 0.15) is 23.6 Å². The summed E-state index contributed by atoms with van der Waals surface area (Å²) in [5, 5.41) is 35.4. The van der Waals surface area contributed by atoms with Gasteiger partial charge in [0.15, 0.2) is 0 Å². The monoisotopic (exact) mass is 380 g/mol. The van der Waals surface area contributed by atoms with Crippen molar-refractivity contribution in [1.29, 1.82) is 10.5 Å². The average Bonchev–Trinajstić information content (AvgIpc) is 2.73. The third-order valence-corrected chi connectivity index (χ3v) is 4.05. The van der Waals surface area contributed by atoms with Gasteiger partial charge in [-0.15, -0.1) is 10.1 Å². The minimum atomic E-state index is 0.106. The molecule has 0 aromatic heterocycles. The molecule has 0 bridgehead atoms. The van der Waals surface area contributed by atoms with E-state index in [1.54, 1.807) is 19.2 Å². The van der Waals surface area contributed by atoms with Gasteiger partial charge >= 0.3 is 0 Å². The zero-order valence-corrected chi connectivity index (χ0v) is 15.8. The molecule has 0 spiro atoms. The standard InChI is InChI=1S/C19H20N6O3/c1-4-25(5-2)17-7-6-15(10-18(17)27-3)22-23-19-13(11-20)8-16(24-28-26)9-14(19)12-21/h6-10,24,26H,4-5H2,1-3H3. The molecule has 0 fully saturated rings. The molecule has 2 rings (SSSR count). The van der Waals surface area contributed by atoms with Crippen molar-refractivity contribution in [3.8, 4) is 17.9 Å². The van der Waals surface area contributed by atoms with Crippen molar-refractivity contribution in [3.63, 3.8) is 0 Å². The Labute approximate surface area is 162 Å². The van der Waals surface area contributed by atoms with Crippen molar-refractivity contribution in [2.45, 2.75) is 13.8 Å². The van der Waals surface area contributed by atoms with Crippen LogP contribution in [0.3, 0.4) is 0 Å². The minimum absolute atomic E-state index is 0.106. The van der Waals surface area contributed by atoms with Crippen LogP contribution in [-0.2, 0) is 4.99 Å². The Balaban J connectivity index is 2.43. The van der Waals surface area contributed by atoms with E-state index in [1.807, 2.05) is 18.2 Å². The molecular weight excluding hydrogens is 360 g/mol. The largest absolute Gasteiger partial charge is 0.495 e. The van der Waals surface area contributed by atoms with E-state index >= 15 is 0 Å². The van der Waals surface area contributed by atoms with Crippen LogP contribution in [0.1, 0.15) is 25.0 Å². The first-order valence-corrected chi connectivity index (χ1v) is 8.51. The molecule has 0 atom stereocenters. The van der Waals surface area contributed by atoms with E-state index in [2.05, 4.69) is 39.4 Å². The number of azo groups is 1. The van der Waals surface area contributed by atoms with Crippen LogP contribution in [-0.4, -0.2) is 25.5 Å². The Hall–Kier alpha value is -3.66. The van der Waals surface area contributed by atoms with E-state index in [0.717, 1.165) is 18.8 Å². The third-order valence-electron chi connectivity index (χ3n) is 4.05. The molecule has 0 radical (unpaired) electrons. The lowest BCUT2D eigenvalue weighted by atomic mass is 10.1. The predicted molar refractivity (Wildman–Crippen MR) is 104 cm³/mol. The van der Waals surface area contributed by atoms with Gasteiger partial charge in [-0.1, -0.05) is 0 Å². The maximum absolute atomic E-state index is 9.34. The van der Waals surface area contributed by atoms with Crippen LogP contribution in [0.15, 0.2) is 40.6 Å². The van der Waals surface area contributed by atoms with Crippen LogP contribution < -0.4 is 15.1 Å². The lowest BCUT2D eigenvalue weighted by Gasteiger charge is -2.23. The van der Waals surface area contributed by atoms with Crippen LogP contribution in [0.25, 0.3) is 0 Å². The highest BCUT2D eigenvalue weighted by molar-refractivity contribution is 5.69. The number of hydrogen-bond acceptors (Lipinski definition) is 9. The second-order valence-corrected chi connectivity index (χ2v) is 5.57. The van der Waals surface area contributed by atoms with Gasteiger partial charge in [-0.2, -0.15) is 15.6 Å². The molecule has 0 amide bonds. The molecule has 2 aromatic rings. The summed E-state index contributed by atoms with van der Waals surface area (Å²) in [6.45, 7) is 5.79. The molecule has 144 valence electrons. The van der Waals surface area contributed by atoms with Crippen LogP contribution in [0.5, 0.6) is 5.75 Å². The van der Waals surface area contributed by atoms with Gasteiger partial charge < -0.3 is 9.64 Å². The fourth-order valence-corrected chi connectivity index (χ4v) is 2.69. The van der Waals surface area contributed by atoms with Gasteiger partial charge in [0.2, 0.25) is 0 Å². The molecule has 2 aromatic carbocycles. The Morgan fingerprint density at radius 2 is 1.71 bits per heavy atom. The molecule has 0 aliphatic carbocycles. The second-order valence-electron chi connectivity index (χ2n) is 5.57. The number of methoxy groups -OCH3 is 1. The number of anilines is 2. The van der Waals surface area contributed by atoms with E-state index in [0.29, 0.717) is 11.4 Å². The molecule has 0 aliphatic heterocycles. The second kappa shape index (κ2) is 9.88. The van der Waals surface area contributed by atoms with Crippen molar-refractivity contribution in [2.75, 3.05) is 30.6 Å². The Morgan fingerprint density at radius 1 is 1.07 bits per heavy atom. The summed E-state index contributed by atoms with van der Waals surface area (Å²) < 4.78 is 5.46. The number of rotatable bonds is 8. The van der Waals surface area contributed by atoms with Gasteiger partial charge in [0.25, 0.3) is 0 Å². The summed E-state index contributed by atoms with van der Waals surface area (Å²) in [5.74, 6) is 0.654. The number of benzene rings is 2. The van der Waals surface area contributed by atoms with Crippen molar-refractivity contribution >= 4 is 22.7 Å². The fraction of sp³-hybridized carbons (Fsp3) is 0.263. The highest BCUT2D eigenvalue weighted by Gasteiger charge is 2.13. The summed E-state index contributed by atoms with van der Waals surface area (Å²) in [7, 11) is 1.58. The highest BCUT2D eigenvalue weighted by Crippen LogP contribution is 2.34. The van der Waals surface area contributed by atoms with Crippen molar-refractivity contribution in [2.24, 2.45) is 10.2 Å². The molecule has 0 heterocycles. The molecule has 9 nitrogen and oxygen atoms in total. The third kappa shape index (κ3) is 4.54. The molecule has 2 N–H and O–H groups in total. The molecule has 9 heteroatoms. The fourth-order valence-electron chi connectivity index (χ4n) is 2.69. The quantitative estimate of drug-likeness (QED) is 0.392. The van der Waals surface area contributed by atoms with Crippen molar-refractivity contribution in [3.05, 3.63) is 41.5 Å². The number of ether oxygens (including phenoxy) is 1. The molecule has 0 aliphatic rings. The van der Waals surface area contributed by atoms with E-state index in [9.17, 15) is 10.5 Å². The molecule has 0 saturated heterocycles. The first kappa shape index (κ1) is 20.6. The van der Waals surface area contributed by atoms with E-state index in [-0.39, 0.29) is 22.5 Å². The summed E-state index contributed by atoms with van der Waals surface area (Å²) >= 11 is 0. The molecule has 0 saturated carbocycles. The van der Waals surface area contributed by atoms with Crippen LogP contribution in [0.2, 0.25) is 0 Å². The maximum atomic E-state index is 9.34. The number of hydrogen-bond donors (Lipinski definition) is 2. The average molecular weight is 380 g/mol. The zero-order valence-electron chi connectivity index (χ0n) is 15.8. The van der Waals surface area contributed by atoms with Gasteiger partial charge in [0, 0.05) is 19.2 Å². The minimum Gasteiger partial charge on any atom is -0.495 e. The number of nitrogens with one attached hydrogen (secondary N) is 1. The van der Waals surface area contributed by atoms with Gasteiger partial charge in [0.05, 0.1) is 35.3 Å². The van der Waals surface area contributed by atoms with Crippen molar-refractivity contribution < 1.29 is 15.0 Å². The molecule has 0 unspecified atom stereocenters. The first-order valence-electron chi connectivity index (χ1n) is 8.51. The topological polar surface area (TPSA) is 126 Å². The number of nitrogens with zero attached hydrogens (tertiary/aromatic N) is 5. The maximum Gasteiger partial charge on any atom is 0.144 e. The highest BCUT2D eigenvalue weighted by atomic mass is 17.2. The van der Waals surface area contributed by atoms with Gasteiger partial charge in [-0.05, 0) is 38.1 Å². The van der Waals surface area contributed by atoms with E-state index < -0.39 is 0 Å². The molecular formula is C19H20N6O3. The van der Waals surface area contributed by atoms with Gasteiger partial charge in [-0.25, -0.2) is 10.7 Å². The van der Waals surface area contributed by atoms with Gasteiger partial charge in [-0.3, -0.25) is 0 Å². The van der Waals surface area contributed by atoms with Crippen LogP contribution in [0, 0.1) is 22.7 Å². The summed E-state index contributed by atoms with van der Waals surface area (Å²) in [4.78, 5) is 5.98. The Kier molecular flexibility index (Phi) is 7.28. The van der Waals surface area contributed by atoms with Crippen LogP contribution >= 0.6 is 0 Å². The Morgan fingerprint density at radius 3 is 2.21 bits per heavy atom. The van der Waals surface area contributed by atoms with E-state index in [1.165, 1.54) is 12.1 Å². The zero-order chi connectivity index (χ0) is 20.5. The van der Waals surface area contributed by atoms with E-state index in [4.69, 9.17) is 9.99 Å². The summed E-state index contributed by atoms with van der Waals surface area (Å²) in [6.07, 6.45) is 0. The molecule has 28 heavy (non-hydrogen) atoms. The van der Waals surface area contributed by atoms with Crippen LogP contribution in [0.4, 0.5) is 22.7 Å². The first-order chi connectivity index (χ1) is 13.6. The number of nitriles is 2. The lowest BCUT2D eigenvalue weighted by Crippen LogP contribution is -2.22. The SMILES string of the molecule is CCN(CC)c1ccc(N=Nc2c(C#N)cc(NOO)cc2C#N)cc1OC. The Bertz CT molecular complexity index is 907.